The Morgan fingerprint density at radius 3 is 1.96 bits per heavy atom. The fourth-order valence-electron chi connectivity index (χ4n) is 7.28. The van der Waals surface area contributed by atoms with E-state index in [2.05, 4.69) is 29.7 Å². The Labute approximate surface area is 322 Å². The predicted molar refractivity (Wildman–Crippen MR) is 212 cm³/mol. The zero-order valence-electron chi connectivity index (χ0n) is 29.5. The topological polar surface area (TPSA) is 113 Å². The number of nitrogens with two attached hydrogens (primary N) is 1. The molecular formula is C41H40ClN5O4S2. The monoisotopic (exact) mass is 765 g/mol. The third kappa shape index (κ3) is 7.70. The molecule has 0 fully saturated rings. The van der Waals surface area contributed by atoms with Crippen LogP contribution in [0.15, 0.2) is 101 Å². The molecule has 0 spiro atoms. The average molecular weight is 766 g/mol. The molecule has 3 aromatic carbocycles. The molecule has 0 saturated carbocycles. The minimum absolute atomic E-state index is 0.0106. The van der Waals surface area contributed by atoms with E-state index in [9.17, 15) is 19.7 Å². The van der Waals surface area contributed by atoms with Crippen molar-refractivity contribution in [1.82, 2.24) is 14.8 Å². The number of carbonyl (C=O) groups is 2. The van der Waals surface area contributed by atoms with Crippen LogP contribution in [0.5, 0.6) is 0 Å². The maximum atomic E-state index is 13.9. The molecule has 0 aliphatic carbocycles. The van der Waals surface area contributed by atoms with E-state index in [1.54, 1.807) is 59.1 Å². The molecule has 4 heterocycles. The molecule has 5 aromatic rings. The molecule has 0 radical (unpaired) electrons. The highest BCUT2D eigenvalue weighted by molar-refractivity contribution is 7.11. The number of ketones is 2. The maximum absolute atomic E-state index is 13.9. The van der Waals surface area contributed by atoms with Gasteiger partial charge in [-0.1, -0.05) is 65.7 Å². The van der Waals surface area contributed by atoms with Gasteiger partial charge in [-0.05, 0) is 74.1 Å². The molecule has 2 aromatic heterocycles. The van der Waals surface area contributed by atoms with Gasteiger partial charge < -0.3 is 0 Å². The van der Waals surface area contributed by atoms with E-state index < -0.39 is 0 Å². The van der Waals surface area contributed by atoms with Gasteiger partial charge in [-0.3, -0.25) is 35.3 Å². The number of halogens is 1. The lowest BCUT2D eigenvalue weighted by Gasteiger charge is -2.47. The van der Waals surface area contributed by atoms with Crippen molar-refractivity contribution in [3.8, 4) is 0 Å². The minimum Gasteiger partial charge on any atom is -0.289 e. The SMILES string of the molecule is CC(C)=CCN1CCc2c(C(=O)c3ccccc3)csc2C1N(N)C1c2scc(C(=O)c3ccc(Cl)cc3)c2CCN1CCc1ccc([N+](=O)[O-])cc1. The quantitative estimate of drug-likeness (QED) is 0.0442. The Bertz CT molecular complexity index is 2160. The van der Waals surface area contributed by atoms with Crippen LogP contribution in [0.1, 0.15) is 84.5 Å². The second-order valence-corrected chi connectivity index (χ2v) is 16.0. The van der Waals surface area contributed by atoms with Gasteiger partial charge in [0.2, 0.25) is 0 Å². The molecule has 12 heteroatoms. The third-order valence-corrected chi connectivity index (χ3v) is 12.5. The highest BCUT2D eigenvalue weighted by atomic mass is 35.5. The first-order valence-corrected chi connectivity index (χ1v) is 19.7. The second kappa shape index (κ2) is 16.0. The Balaban J connectivity index is 1.28. The molecule has 2 unspecified atom stereocenters. The van der Waals surface area contributed by atoms with Gasteiger partial charge in [0.25, 0.3) is 5.69 Å². The smallest absolute Gasteiger partial charge is 0.269 e. The van der Waals surface area contributed by atoms with E-state index in [1.165, 1.54) is 5.57 Å². The van der Waals surface area contributed by atoms with Crippen molar-refractivity contribution < 1.29 is 14.5 Å². The van der Waals surface area contributed by atoms with E-state index in [0.717, 1.165) is 38.4 Å². The first kappa shape index (κ1) is 37.0. The van der Waals surface area contributed by atoms with Crippen molar-refractivity contribution in [1.29, 1.82) is 0 Å². The summed E-state index contributed by atoms with van der Waals surface area (Å²) < 4.78 is 0. The summed E-state index contributed by atoms with van der Waals surface area (Å²) in [6.07, 6.45) is 3.55. The summed E-state index contributed by atoms with van der Waals surface area (Å²) in [5.41, 5.74) is 6.93. The summed E-state index contributed by atoms with van der Waals surface area (Å²) in [7, 11) is 0. The lowest BCUT2D eigenvalue weighted by Crippen LogP contribution is -2.55. The largest absolute Gasteiger partial charge is 0.289 e. The van der Waals surface area contributed by atoms with E-state index in [0.29, 0.717) is 60.7 Å². The van der Waals surface area contributed by atoms with Crippen molar-refractivity contribution in [2.24, 2.45) is 5.84 Å². The van der Waals surface area contributed by atoms with Crippen LogP contribution in [0.2, 0.25) is 5.02 Å². The molecule has 53 heavy (non-hydrogen) atoms. The van der Waals surface area contributed by atoms with Crippen LogP contribution in [-0.2, 0) is 19.3 Å². The maximum Gasteiger partial charge on any atom is 0.269 e. The van der Waals surface area contributed by atoms with Crippen LogP contribution in [-0.4, -0.2) is 57.5 Å². The number of non-ortho nitro benzene ring substituents is 1. The van der Waals surface area contributed by atoms with Gasteiger partial charge in [0, 0.05) is 86.1 Å². The molecule has 0 amide bonds. The van der Waals surface area contributed by atoms with E-state index in [-0.39, 0.29) is 34.5 Å². The van der Waals surface area contributed by atoms with Gasteiger partial charge in [0.1, 0.15) is 12.3 Å². The number of nitrogens with zero attached hydrogens (tertiary/aromatic N) is 4. The van der Waals surface area contributed by atoms with Crippen molar-refractivity contribution in [3.63, 3.8) is 0 Å². The fourth-order valence-corrected chi connectivity index (χ4v) is 9.89. The Morgan fingerprint density at radius 1 is 0.849 bits per heavy atom. The van der Waals surface area contributed by atoms with Gasteiger partial charge in [-0.25, -0.2) is 5.01 Å². The summed E-state index contributed by atoms with van der Waals surface area (Å²) in [6, 6.07) is 23.1. The Kier molecular flexibility index (Phi) is 11.1. The van der Waals surface area contributed by atoms with Crippen molar-refractivity contribution >= 4 is 51.5 Å². The number of nitro benzene ring substituents is 1. The molecular weight excluding hydrogens is 726 g/mol. The third-order valence-electron chi connectivity index (χ3n) is 10.1. The molecule has 0 saturated heterocycles. The van der Waals surface area contributed by atoms with E-state index >= 15 is 0 Å². The molecule has 9 nitrogen and oxygen atoms in total. The lowest BCUT2D eigenvalue weighted by molar-refractivity contribution is -0.384. The summed E-state index contributed by atoms with van der Waals surface area (Å²) in [6.45, 7) is 6.88. The molecule has 2 atom stereocenters. The van der Waals surface area contributed by atoms with Gasteiger partial charge in [-0.15, -0.1) is 22.7 Å². The first-order chi connectivity index (χ1) is 25.6. The van der Waals surface area contributed by atoms with Crippen LogP contribution < -0.4 is 5.84 Å². The van der Waals surface area contributed by atoms with Gasteiger partial charge in [-0.2, -0.15) is 0 Å². The summed E-state index contributed by atoms with van der Waals surface area (Å²) in [4.78, 5) is 45.4. The number of fused-ring (bicyclic) bond motifs is 2. The molecule has 7 rings (SSSR count). The van der Waals surface area contributed by atoms with Gasteiger partial charge in [0.15, 0.2) is 11.6 Å². The van der Waals surface area contributed by atoms with Crippen molar-refractivity contribution in [3.05, 3.63) is 165 Å². The standard InChI is InChI=1S/C41H40ClN5O4S2/c1-26(2)16-20-44-22-18-32-34(36(48)28-6-4-3-5-7-28)24-52-38(32)40(44)46(43)41-39-33(35(25-53-39)37(49)29-10-12-30(42)13-11-29)19-23-45(41)21-17-27-8-14-31(15-9-27)47(50)51/h3-16,24-25,40-41H,17-23,43H2,1-2H3. The van der Waals surface area contributed by atoms with Crippen LogP contribution >= 0.6 is 34.3 Å². The molecule has 2 aliphatic heterocycles. The first-order valence-electron chi connectivity index (χ1n) is 17.6. The van der Waals surface area contributed by atoms with E-state index in [4.69, 9.17) is 17.4 Å². The zero-order chi connectivity index (χ0) is 37.2. The lowest BCUT2D eigenvalue weighted by atomic mass is 9.94. The second-order valence-electron chi connectivity index (χ2n) is 13.7. The summed E-state index contributed by atoms with van der Waals surface area (Å²) >= 11 is 9.27. The van der Waals surface area contributed by atoms with Crippen LogP contribution in [0.4, 0.5) is 5.69 Å². The van der Waals surface area contributed by atoms with Crippen LogP contribution in [0.25, 0.3) is 0 Å². The van der Waals surface area contributed by atoms with E-state index in [1.807, 2.05) is 58.2 Å². The number of nitro groups is 1. The van der Waals surface area contributed by atoms with Crippen LogP contribution in [0, 0.1) is 10.1 Å². The Hall–Kier alpha value is -4.33. The van der Waals surface area contributed by atoms with Crippen LogP contribution in [0.3, 0.4) is 0 Å². The number of thiophene rings is 2. The number of allylic oxidation sites excluding steroid dienone is 1. The number of benzene rings is 3. The van der Waals surface area contributed by atoms with Gasteiger partial charge >= 0.3 is 0 Å². The van der Waals surface area contributed by atoms with Crippen molar-refractivity contribution in [2.75, 3.05) is 26.2 Å². The summed E-state index contributed by atoms with van der Waals surface area (Å²) in [5.74, 6) is 7.42. The predicted octanol–water partition coefficient (Wildman–Crippen LogP) is 8.63. The van der Waals surface area contributed by atoms with Gasteiger partial charge in [0.05, 0.1) is 4.92 Å². The molecule has 0 bridgehead atoms. The minimum atomic E-state index is -0.388. The molecule has 2 N–H and O–H groups in total. The fraction of sp³-hybridized carbons (Fsp3) is 0.268. The number of hydrazine groups is 1. The number of hydrogen-bond acceptors (Lipinski definition) is 10. The van der Waals surface area contributed by atoms with Crippen molar-refractivity contribution in [2.45, 2.75) is 45.4 Å². The summed E-state index contributed by atoms with van der Waals surface area (Å²) in [5, 5.41) is 17.7. The highest BCUT2D eigenvalue weighted by Crippen LogP contribution is 2.45. The highest BCUT2D eigenvalue weighted by Gasteiger charge is 2.42. The molecule has 272 valence electrons. The average Bonchev–Trinajstić information content (AvgIpc) is 3.80. The number of hydrogen-bond donors (Lipinski definition) is 1. The normalized spacial score (nSPS) is 17.3. The molecule has 2 aliphatic rings. The number of carbonyl (C=O) groups excluding carboxylic acids is 2. The Morgan fingerprint density at radius 2 is 1.40 bits per heavy atom. The zero-order valence-corrected chi connectivity index (χ0v) is 31.9. The number of rotatable bonds is 12.